The zero-order valence-corrected chi connectivity index (χ0v) is 13.0. The molecule has 2 rings (SSSR count). The van der Waals surface area contributed by atoms with E-state index < -0.39 is 0 Å². The minimum Gasteiger partial charge on any atom is -0.497 e. The van der Waals surface area contributed by atoms with E-state index in [-0.39, 0.29) is 6.04 Å². The lowest BCUT2D eigenvalue weighted by molar-refractivity contribution is 0.414. The second-order valence-electron chi connectivity index (χ2n) is 5.56. The molecule has 2 N–H and O–H groups in total. The molecule has 0 amide bonds. The van der Waals surface area contributed by atoms with Crippen molar-refractivity contribution in [1.29, 1.82) is 0 Å². The van der Waals surface area contributed by atoms with Gasteiger partial charge in [0.15, 0.2) is 0 Å². The molecule has 1 atom stereocenters. The molecule has 0 spiro atoms. The topological polar surface area (TPSA) is 38.5 Å². The first-order valence-corrected chi connectivity index (χ1v) is 7.27. The fraction of sp³-hybridized carbons (Fsp3) is 0.333. The highest BCUT2D eigenvalue weighted by Gasteiger charge is 2.04. The molecular formula is C18H24N2O. The van der Waals surface area contributed by atoms with E-state index in [0.717, 1.165) is 18.7 Å². The summed E-state index contributed by atoms with van der Waals surface area (Å²) in [5, 5.41) is 0. The van der Waals surface area contributed by atoms with E-state index >= 15 is 0 Å². The van der Waals surface area contributed by atoms with Crippen molar-refractivity contribution < 1.29 is 4.74 Å². The zero-order valence-electron chi connectivity index (χ0n) is 13.0. The Morgan fingerprint density at radius 3 is 2.43 bits per heavy atom. The molecule has 112 valence electrons. The van der Waals surface area contributed by atoms with E-state index in [0.29, 0.717) is 0 Å². The molecule has 3 heteroatoms. The third-order valence-corrected chi connectivity index (χ3v) is 3.49. The van der Waals surface area contributed by atoms with Crippen molar-refractivity contribution in [2.45, 2.75) is 25.9 Å². The Bertz CT molecular complexity index is 564. The van der Waals surface area contributed by atoms with Crippen LogP contribution in [0.4, 0.5) is 5.69 Å². The van der Waals surface area contributed by atoms with Gasteiger partial charge in [-0.3, -0.25) is 0 Å². The van der Waals surface area contributed by atoms with Gasteiger partial charge in [0.1, 0.15) is 5.75 Å². The van der Waals surface area contributed by atoms with Crippen LogP contribution in [0.25, 0.3) is 0 Å². The van der Waals surface area contributed by atoms with Crippen molar-refractivity contribution in [3.8, 4) is 5.75 Å². The Labute approximate surface area is 127 Å². The van der Waals surface area contributed by atoms with Gasteiger partial charge in [-0.2, -0.15) is 0 Å². The van der Waals surface area contributed by atoms with Gasteiger partial charge in [0.05, 0.1) is 7.11 Å². The number of ether oxygens (including phenoxy) is 1. The minimum absolute atomic E-state index is 0.199. The van der Waals surface area contributed by atoms with Crippen molar-refractivity contribution in [1.82, 2.24) is 0 Å². The molecule has 0 saturated carbocycles. The van der Waals surface area contributed by atoms with Crippen LogP contribution in [0.3, 0.4) is 0 Å². The van der Waals surface area contributed by atoms with Crippen LogP contribution in [0.1, 0.15) is 18.1 Å². The molecule has 2 aromatic carbocycles. The molecule has 0 fully saturated rings. The largest absolute Gasteiger partial charge is 0.497 e. The predicted octanol–water partition coefficient (Wildman–Crippen LogP) is 3.22. The number of rotatable bonds is 6. The number of benzene rings is 2. The van der Waals surface area contributed by atoms with Crippen molar-refractivity contribution in [2.75, 3.05) is 19.1 Å². The molecule has 0 heterocycles. The van der Waals surface area contributed by atoms with E-state index in [1.165, 1.54) is 16.8 Å². The summed E-state index contributed by atoms with van der Waals surface area (Å²) >= 11 is 0. The molecule has 21 heavy (non-hydrogen) atoms. The summed E-state index contributed by atoms with van der Waals surface area (Å²) in [6.45, 7) is 2.88. The average Bonchev–Trinajstić information content (AvgIpc) is 2.47. The smallest absolute Gasteiger partial charge is 0.119 e. The summed E-state index contributed by atoms with van der Waals surface area (Å²) in [6.07, 6.45) is 0.917. The van der Waals surface area contributed by atoms with Crippen LogP contribution < -0.4 is 15.4 Å². The Kier molecular flexibility index (Phi) is 5.23. The standard InChI is InChI=1S/C18H24N2O/c1-14(19)11-15-7-9-17(10-8-15)20(2)13-16-5-4-6-18(12-16)21-3/h4-10,12,14H,11,13,19H2,1-3H3. The Morgan fingerprint density at radius 2 is 1.81 bits per heavy atom. The quantitative estimate of drug-likeness (QED) is 0.885. The summed E-state index contributed by atoms with van der Waals surface area (Å²) in [7, 11) is 3.79. The van der Waals surface area contributed by atoms with E-state index in [2.05, 4.69) is 48.3 Å². The van der Waals surface area contributed by atoms with Gasteiger partial charge in [-0.1, -0.05) is 24.3 Å². The van der Waals surface area contributed by atoms with Crippen molar-refractivity contribution in [3.05, 3.63) is 59.7 Å². The van der Waals surface area contributed by atoms with Crippen LogP contribution in [0.2, 0.25) is 0 Å². The summed E-state index contributed by atoms with van der Waals surface area (Å²) in [5.74, 6) is 0.896. The average molecular weight is 284 g/mol. The van der Waals surface area contributed by atoms with Crippen LogP contribution in [0.5, 0.6) is 5.75 Å². The molecule has 0 aliphatic heterocycles. The molecule has 3 nitrogen and oxygen atoms in total. The summed E-state index contributed by atoms with van der Waals surface area (Å²) in [6, 6.07) is 17.0. The monoisotopic (exact) mass is 284 g/mol. The third-order valence-electron chi connectivity index (χ3n) is 3.49. The van der Waals surface area contributed by atoms with Crippen molar-refractivity contribution in [3.63, 3.8) is 0 Å². The number of nitrogens with zero attached hydrogens (tertiary/aromatic N) is 1. The third kappa shape index (κ3) is 4.50. The molecule has 0 aliphatic rings. The molecule has 2 aromatic rings. The van der Waals surface area contributed by atoms with Gasteiger partial charge in [-0.25, -0.2) is 0 Å². The lowest BCUT2D eigenvalue weighted by atomic mass is 10.1. The Balaban J connectivity index is 2.03. The first kappa shape index (κ1) is 15.4. The minimum atomic E-state index is 0.199. The van der Waals surface area contributed by atoms with Crippen molar-refractivity contribution >= 4 is 5.69 Å². The van der Waals surface area contributed by atoms with Gasteiger partial charge in [-0.05, 0) is 48.7 Å². The van der Waals surface area contributed by atoms with E-state index in [4.69, 9.17) is 10.5 Å². The maximum Gasteiger partial charge on any atom is 0.119 e. The first-order valence-electron chi connectivity index (χ1n) is 7.27. The van der Waals surface area contributed by atoms with Gasteiger partial charge in [0.2, 0.25) is 0 Å². The van der Waals surface area contributed by atoms with E-state index in [1.54, 1.807) is 7.11 Å². The highest BCUT2D eigenvalue weighted by atomic mass is 16.5. The highest BCUT2D eigenvalue weighted by Crippen LogP contribution is 2.19. The van der Waals surface area contributed by atoms with E-state index in [9.17, 15) is 0 Å². The van der Waals surface area contributed by atoms with Gasteiger partial charge in [0.25, 0.3) is 0 Å². The fourth-order valence-electron chi connectivity index (χ4n) is 2.39. The fourth-order valence-corrected chi connectivity index (χ4v) is 2.39. The number of nitrogens with two attached hydrogens (primary N) is 1. The maximum absolute atomic E-state index is 5.83. The van der Waals surface area contributed by atoms with Crippen LogP contribution in [-0.2, 0) is 13.0 Å². The highest BCUT2D eigenvalue weighted by molar-refractivity contribution is 5.48. The lowest BCUT2D eigenvalue weighted by Gasteiger charge is -2.20. The molecule has 0 aliphatic carbocycles. The SMILES string of the molecule is COc1cccc(CN(C)c2ccc(CC(C)N)cc2)c1. The van der Waals surface area contributed by atoms with E-state index in [1.807, 2.05) is 19.1 Å². The molecule has 0 saturated heterocycles. The second kappa shape index (κ2) is 7.14. The number of hydrogen-bond donors (Lipinski definition) is 1. The molecule has 0 aromatic heterocycles. The van der Waals surface area contributed by atoms with Gasteiger partial charge < -0.3 is 15.4 Å². The molecular weight excluding hydrogens is 260 g/mol. The van der Waals surface area contributed by atoms with Gasteiger partial charge in [0, 0.05) is 25.3 Å². The first-order chi connectivity index (χ1) is 10.1. The van der Waals surface area contributed by atoms with Crippen LogP contribution in [0.15, 0.2) is 48.5 Å². The summed E-state index contributed by atoms with van der Waals surface area (Å²) in [4.78, 5) is 2.23. The number of anilines is 1. The maximum atomic E-state index is 5.83. The van der Waals surface area contributed by atoms with Gasteiger partial charge in [-0.15, -0.1) is 0 Å². The van der Waals surface area contributed by atoms with Crippen LogP contribution >= 0.6 is 0 Å². The lowest BCUT2D eigenvalue weighted by Crippen LogP contribution is -2.18. The predicted molar refractivity (Wildman–Crippen MR) is 88.9 cm³/mol. The molecule has 0 radical (unpaired) electrons. The normalized spacial score (nSPS) is 12.0. The molecule has 0 bridgehead atoms. The number of hydrogen-bond acceptors (Lipinski definition) is 3. The summed E-state index contributed by atoms with van der Waals surface area (Å²) < 4.78 is 5.26. The van der Waals surface area contributed by atoms with Crippen LogP contribution in [0, 0.1) is 0 Å². The number of methoxy groups -OCH3 is 1. The second-order valence-corrected chi connectivity index (χ2v) is 5.56. The van der Waals surface area contributed by atoms with Crippen molar-refractivity contribution in [2.24, 2.45) is 5.73 Å². The zero-order chi connectivity index (χ0) is 15.2. The van der Waals surface area contributed by atoms with Crippen LogP contribution in [-0.4, -0.2) is 20.2 Å². The molecule has 1 unspecified atom stereocenters. The Morgan fingerprint density at radius 1 is 1.10 bits per heavy atom. The Hall–Kier alpha value is -2.00. The van der Waals surface area contributed by atoms with Gasteiger partial charge >= 0.3 is 0 Å². The summed E-state index contributed by atoms with van der Waals surface area (Å²) in [5.41, 5.74) is 9.54.